The van der Waals surface area contributed by atoms with Crippen LogP contribution >= 0.6 is 0 Å². The number of pyridine rings is 1. The van der Waals surface area contributed by atoms with E-state index in [1.807, 2.05) is 19.1 Å². The monoisotopic (exact) mass is 231 g/mol. The fraction of sp³-hybridized carbons (Fsp3) is 0.385. The predicted molar refractivity (Wildman–Crippen MR) is 66.8 cm³/mol. The summed E-state index contributed by atoms with van der Waals surface area (Å²) in [6.07, 6.45) is 2.76. The highest BCUT2D eigenvalue weighted by Crippen LogP contribution is 2.19. The number of hydrogen-bond acceptors (Lipinski definition) is 4. The molecule has 0 aliphatic heterocycles. The minimum absolute atomic E-state index is 0.396. The van der Waals surface area contributed by atoms with Crippen LogP contribution in [0.25, 0.3) is 0 Å². The maximum Gasteiger partial charge on any atom is 0.231 e. The van der Waals surface area contributed by atoms with Crippen molar-refractivity contribution in [2.24, 2.45) is 0 Å². The van der Waals surface area contributed by atoms with Gasteiger partial charge in [0.25, 0.3) is 0 Å². The second-order valence-corrected chi connectivity index (χ2v) is 3.67. The standard InChI is InChI=1S/C13H17N3O/c1-4-5-6-15-9-11-7-10(2)16-13(17-3)12(11)8-14/h4,7,15H,1,5-6,9H2,2-3H3. The molecule has 0 saturated heterocycles. The van der Waals surface area contributed by atoms with E-state index in [9.17, 15) is 0 Å². The first-order valence-electron chi connectivity index (χ1n) is 5.49. The zero-order chi connectivity index (χ0) is 12.7. The first kappa shape index (κ1) is 13.2. The molecule has 0 aliphatic carbocycles. The third-order valence-electron chi connectivity index (χ3n) is 2.34. The summed E-state index contributed by atoms with van der Waals surface area (Å²) in [5.41, 5.74) is 2.27. The van der Waals surface area contributed by atoms with Crippen molar-refractivity contribution in [2.75, 3.05) is 13.7 Å². The normalized spacial score (nSPS) is 9.71. The Hall–Kier alpha value is -1.86. The summed E-state index contributed by atoms with van der Waals surface area (Å²) >= 11 is 0. The number of nitriles is 1. The summed E-state index contributed by atoms with van der Waals surface area (Å²) in [6, 6.07) is 4.04. The first-order valence-corrected chi connectivity index (χ1v) is 5.49. The number of rotatable bonds is 6. The molecular weight excluding hydrogens is 214 g/mol. The lowest BCUT2D eigenvalue weighted by atomic mass is 10.1. The predicted octanol–water partition coefficient (Wildman–Crippen LogP) is 1.94. The summed E-state index contributed by atoms with van der Waals surface area (Å²) in [4.78, 5) is 4.18. The molecule has 0 atom stereocenters. The fourth-order valence-corrected chi connectivity index (χ4v) is 1.54. The second kappa shape index (κ2) is 6.66. The molecule has 1 aromatic heterocycles. The Labute approximate surface area is 102 Å². The smallest absolute Gasteiger partial charge is 0.231 e. The minimum Gasteiger partial charge on any atom is -0.480 e. The summed E-state index contributed by atoms with van der Waals surface area (Å²) in [5, 5.41) is 12.4. The number of aromatic nitrogens is 1. The van der Waals surface area contributed by atoms with Gasteiger partial charge in [-0.25, -0.2) is 4.98 Å². The number of nitrogens with one attached hydrogen (secondary N) is 1. The lowest BCUT2D eigenvalue weighted by Gasteiger charge is -2.09. The maximum atomic E-state index is 9.11. The van der Waals surface area contributed by atoms with E-state index in [4.69, 9.17) is 10.00 Å². The van der Waals surface area contributed by atoms with Crippen LogP contribution in [0.3, 0.4) is 0 Å². The van der Waals surface area contributed by atoms with Crippen molar-refractivity contribution < 1.29 is 4.74 Å². The van der Waals surface area contributed by atoms with Crippen LogP contribution in [-0.4, -0.2) is 18.6 Å². The summed E-state index contributed by atoms with van der Waals surface area (Å²) < 4.78 is 5.11. The molecule has 0 saturated carbocycles. The Bertz CT molecular complexity index is 435. The zero-order valence-corrected chi connectivity index (χ0v) is 10.3. The van der Waals surface area contributed by atoms with Gasteiger partial charge in [0, 0.05) is 12.2 Å². The van der Waals surface area contributed by atoms with E-state index < -0.39 is 0 Å². The third kappa shape index (κ3) is 3.58. The topological polar surface area (TPSA) is 57.9 Å². The Balaban J connectivity index is 2.86. The van der Waals surface area contributed by atoms with Gasteiger partial charge in [-0.3, -0.25) is 0 Å². The van der Waals surface area contributed by atoms with Gasteiger partial charge in [0.1, 0.15) is 11.6 Å². The summed E-state index contributed by atoms with van der Waals surface area (Å²) in [7, 11) is 1.53. The SMILES string of the molecule is C=CCCNCc1cc(C)nc(OC)c1C#N. The Kier molecular flexibility index (Phi) is 5.18. The van der Waals surface area contributed by atoms with Crippen LogP contribution in [0.1, 0.15) is 23.2 Å². The molecule has 0 aliphatic rings. The lowest BCUT2D eigenvalue weighted by molar-refractivity contribution is 0.394. The molecule has 90 valence electrons. The molecule has 1 rings (SSSR count). The Morgan fingerprint density at radius 2 is 2.41 bits per heavy atom. The molecule has 4 nitrogen and oxygen atoms in total. The van der Waals surface area contributed by atoms with Crippen LogP contribution < -0.4 is 10.1 Å². The average Bonchev–Trinajstić information content (AvgIpc) is 2.33. The van der Waals surface area contributed by atoms with Gasteiger partial charge in [0.05, 0.1) is 7.11 Å². The van der Waals surface area contributed by atoms with E-state index in [1.54, 1.807) is 0 Å². The van der Waals surface area contributed by atoms with E-state index in [1.165, 1.54) is 7.11 Å². The number of aryl methyl sites for hydroxylation is 1. The van der Waals surface area contributed by atoms with Crippen molar-refractivity contribution in [3.05, 3.63) is 35.5 Å². The molecule has 0 spiro atoms. The van der Waals surface area contributed by atoms with Gasteiger partial charge < -0.3 is 10.1 Å². The van der Waals surface area contributed by atoms with Crippen molar-refractivity contribution in [1.82, 2.24) is 10.3 Å². The third-order valence-corrected chi connectivity index (χ3v) is 2.34. The number of methoxy groups -OCH3 is 1. The molecule has 0 radical (unpaired) electrons. The van der Waals surface area contributed by atoms with Gasteiger partial charge in [-0.15, -0.1) is 6.58 Å². The highest BCUT2D eigenvalue weighted by atomic mass is 16.5. The van der Waals surface area contributed by atoms with Crippen LogP contribution in [0, 0.1) is 18.3 Å². The highest BCUT2D eigenvalue weighted by Gasteiger charge is 2.11. The number of hydrogen-bond donors (Lipinski definition) is 1. The quantitative estimate of drug-likeness (QED) is 0.600. The van der Waals surface area contributed by atoms with Gasteiger partial charge in [0.15, 0.2) is 0 Å². The largest absolute Gasteiger partial charge is 0.480 e. The molecule has 0 aromatic carbocycles. The maximum absolute atomic E-state index is 9.11. The molecule has 0 unspecified atom stereocenters. The zero-order valence-electron chi connectivity index (χ0n) is 10.3. The van der Waals surface area contributed by atoms with E-state index in [0.717, 1.165) is 24.2 Å². The van der Waals surface area contributed by atoms with Gasteiger partial charge in [0.2, 0.25) is 5.88 Å². The van der Waals surface area contributed by atoms with Gasteiger partial charge in [-0.2, -0.15) is 5.26 Å². The number of nitrogens with zero attached hydrogens (tertiary/aromatic N) is 2. The van der Waals surface area contributed by atoms with E-state index >= 15 is 0 Å². The molecule has 4 heteroatoms. The van der Waals surface area contributed by atoms with Crippen LogP contribution in [0.2, 0.25) is 0 Å². The van der Waals surface area contributed by atoms with Gasteiger partial charge >= 0.3 is 0 Å². The number of ether oxygens (including phenoxy) is 1. The van der Waals surface area contributed by atoms with Crippen LogP contribution in [0.4, 0.5) is 0 Å². The highest BCUT2D eigenvalue weighted by molar-refractivity contribution is 5.45. The van der Waals surface area contributed by atoms with Crippen molar-refractivity contribution in [3.63, 3.8) is 0 Å². The van der Waals surface area contributed by atoms with Gasteiger partial charge in [-0.1, -0.05) is 6.08 Å². The van der Waals surface area contributed by atoms with Crippen LogP contribution in [0.15, 0.2) is 18.7 Å². The molecule has 0 bridgehead atoms. The Morgan fingerprint density at radius 1 is 1.65 bits per heavy atom. The minimum atomic E-state index is 0.396. The van der Waals surface area contributed by atoms with Crippen molar-refractivity contribution in [3.8, 4) is 11.9 Å². The molecule has 0 fully saturated rings. The van der Waals surface area contributed by atoms with E-state index in [2.05, 4.69) is 22.9 Å². The second-order valence-electron chi connectivity index (χ2n) is 3.67. The average molecular weight is 231 g/mol. The van der Waals surface area contributed by atoms with E-state index in [-0.39, 0.29) is 0 Å². The lowest BCUT2D eigenvalue weighted by Crippen LogP contribution is -2.15. The summed E-state index contributed by atoms with van der Waals surface area (Å²) in [6.45, 7) is 7.02. The van der Waals surface area contributed by atoms with Crippen LogP contribution in [0.5, 0.6) is 5.88 Å². The molecule has 1 heterocycles. The van der Waals surface area contributed by atoms with Crippen molar-refractivity contribution in [1.29, 1.82) is 5.26 Å². The summed E-state index contributed by atoms with van der Waals surface area (Å²) in [5.74, 6) is 0.396. The molecule has 1 aromatic rings. The molecule has 0 amide bonds. The molecule has 1 N–H and O–H groups in total. The fourth-order valence-electron chi connectivity index (χ4n) is 1.54. The van der Waals surface area contributed by atoms with Crippen LogP contribution in [-0.2, 0) is 6.54 Å². The molecule has 17 heavy (non-hydrogen) atoms. The van der Waals surface area contributed by atoms with Crippen molar-refractivity contribution >= 4 is 0 Å². The first-order chi connectivity index (χ1) is 8.22. The molecular formula is C13H17N3O. The Morgan fingerprint density at radius 3 is 3.00 bits per heavy atom. The van der Waals surface area contributed by atoms with Crippen molar-refractivity contribution in [2.45, 2.75) is 19.9 Å². The van der Waals surface area contributed by atoms with E-state index in [0.29, 0.717) is 18.0 Å². The van der Waals surface area contributed by atoms with Gasteiger partial charge in [-0.05, 0) is 31.5 Å².